The highest BCUT2D eigenvalue weighted by Gasteiger charge is 2.10. The number of rotatable bonds is 5. The summed E-state index contributed by atoms with van der Waals surface area (Å²) in [6, 6.07) is 21.3. The minimum Gasteiger partial charge on any atom is -0.316 e. The normalized spacial score (nSPS) is 11.8. The van der Waals surface area contributed by atoms with Crippen molar-refractivity contribution in [2.45, 2.75) is 12.8 Å². The Kier molecular flexibility index (Phi) is 4.93. The number of hydrogen-bond acceptors (Lipinski definition) is 1. The van der Waals surface area contributed by atoms with Crippen molar-refractivity contribution < 1.29 is 0 Å². The maximum Gasteiger partial charge on any atom is 0.0272 e. The highest BCUT2D eigenvalue weighted by atomic mass is 14.8. The van der Waals surface area contributed by atoms with Crippen molar-refractivity contribution in [3.63, 3.8) is 0 Å². The summed E-state index contributed by atoms with van der Waals surface area (Å²) in [4.78, 5) is 0. The first-order valence-electron chi connectivity index (χ1n) is 6.73. The van der Waals surface area contributed by atoms with Gasteiger partial charge in [-0.1, -0.05) is 72.3 Å². The largest absolute Gasteiger partial charge is 0.316 e. The van der Waals surface area contributed by atoms with E-state index in [1.807, 2.05) is 7.05 Å². The van der Waals surface area contributed by atoms with E-state index >= 15 is 0 Å². The van der Waals surface area contributed by atoms with Gasteiger partial charge in [0, 0.05) is 12.5 Å². The van der Waals surface area contributed by atoms with Crippen LogP contribution in [0, 0.1) is 0 Å². The summed E-state index contributed by atoms with van der Waals surface area (Å²) in [6.07, 6.45) is 2.35. The molecule has 0 aliphatic carbocycles. The van der Waals surface area contributed by atoms with E-state index < -0.39 is 0 Å². The highest BCUT2D eigenvalue weighted by Crippen LogP contribution is 2.26. The van der Waals surface area contributed by atoms with Crippen molar-refractivity contribution >= 4 is 0 Å². The van der Waals surface area contributed by atoms with Crippen LogP contribution in [-0.4, -0.2) is 13.6 Å². The van der Waals surface area contributed by atoms with Gasteiger partial charge in [0.25, 0.3) is 0 Å². The van der Waals surface area contributed by atoms with E-state index in [1.165, 1.54) is 16.7 Å². The molecular weight excluding hydrogens is 230 g/mol. The SMILES string of the molecule is CNC/C(C)=C/C(c1ccccc1)c1ccccc1. The Bertz CT molecular complexity index is 474. The average molecular weight is 251 g/mol. The molecule has 0 unspecified atom stereocenters. The van der Waals surface area contributed by atoms with Gasteiger partial charge in [0.2, 0.25) is 0 Å². The van der Waals surface area contributed by atoms with E-state index in [0.717, 1.165) is 6.54 Å². The van der Waals surface area contributed by atoms with Crippen LogP contribution in [0.1, 0.15) is 24.0 Å². The van der Waals surface area contributed by atoms with Crippen molar-refractivity contribution in [3.05, 3.63) is 83.4 Å². The summed E-state index contributed by atoms with van der Waals surface area (Å²) in [5.41, 5.74) is 4.04. The second kappa shape index (κ2) is 6.91. The van der Waals surface area contributed by atoms with Gasteiger partial charge < -0.3 is 5.32 Å². The molecule has 2 rings (SSSR count). The van der Waals surface area contributed by atoms with Gasteiger partial charge in [0.15, 0.2) is 0 Å². The molecule has 0 amide bonds. The van der Waals surface area contributed by atoms with Gasteiger partial charge in [0.1, 0.15) is 0 Å². The van der Waals surface area contributed by atoms with E-state index in [2.05, 4.69) is 79.0 Å². The average Bonchev–Trinajstić information content (AvgIpc) is 2.47. The quantitative estimate of drug-likeness (QED) is 0.792. The summed E-state index contributed by atoms with van der Waals surface area (Å²) in [5, 5.41) is 3.21. The van der Waals surface area contributed by atoms with Crippen LogP contribution in [0.15, 0.2) is 72.3 Å². The van der Waals surface area contributed by atoms with Crippen LogP contribution < -0.4 is 5.32 Å². The molecule has 2 aromatic rings. The third-order valence-corrected chi connectivity index (χ3v) is 3.22. The molecule has 1 N–H and O–H groups in total. The standard InChI is InChI=1S/C18H21N/c1-15(14-19-2)13-18(16-9-5-3-6-10-16)17-11-7-4-8-12-17/h3-13,18-19H,14H2,1-2H3/b15-13+. The molecule has 1 heteroatoms. The van der Waals surface area contributed by atoms with Crippen molar-refractivity contribution in [3.8, 4) is 0 Å². The van der Waals surface area contributed by atoms with Crippen LogP contribution in [0.25, 0.3) is 0 Å². The minimum absolute atomic E-state index is 0.329. The lowest BCUT2D eigenvalue weighted by molar-refractivity contribution is 0.865. The van der Waals surface area contributed by atoms with Crippen molar-refractivity contribution in [1.82, 2.24) is 5.32 Å². The summed E-state index contributed by atoms with van der Waals surface area (Å²) in [7, 11) is 1.98. The van der Waals surface area contributed by atoms with Crippen molar-refractivity contribution in [2.24, 2.45) is 0 Å². The van der Waals surface area contributed by atoms with Crippen LogP contribution in [-0.2, 0) is 0 Å². The Balaban J connectivity index is 2.37. The number of nitrogens with one attached hydrogen (secondary N) is 1. The molecule has 0 atom stereocenters. The summed E-state index contributed by atoms with van der Waals surface area (Å²) in [6.45, 7) is 3.10. The molecule has 0 radical (unpaired) electrons. The smallest absolute Gasteiger partial charge is 0.0272 e. The van der Waals surface area contributed by atoms with E-state index in [0.29, 0.717) is 5.92 Å². The van der Waals surface area contributed by atoms with E-state index in [1.54, 1.807) is 0 Å². The minimum atomic E-state index is 0.329. The molecule has 19 heavy (non-hydrogen) atoms. The second-order valence-corrected chi connectivity index (χ2v) is 4.84. The zero-order valence-electron chi connectivity index (χ0n) is 11.6. The zero-order valence-corrected chi connectivity index (χ0v) is 11.6. The number of benzene rings is 2. The van der Waals surface area contributed by atoms with Crippen molar-refractivity contribution in [2.75, 3.05) is 13.6 Å². The lowest BCUT2D eigenvalue weighted by Gasteiger charge is -2.15. The fraction of sp³-hybridized carbons (Fsp3) is 0.222. The monoisotopic (exact) mass is 251 g/mol. The highest BCUT2D eigenvalue weighted by molar-refractivity contribution is 5.37. The number of hydrogen-bond donors (Lipinski definition) is 1. The topological polar surface area (TPSA) is 12.0 Å². The van der Waals surface area contributed by atoms with Crippen molar-refractivity contribution in [1.29, 1.82) is 0 Å². The summed E-state index contributed by atoms with van der Waals surface area (Å²) >= 11 is 0. The first-order chi connectivity index (χ1) is 9.31. The van der Waals surface area contributed by atoms with Crippen LogP contribution >= 0.6 is 0 Å². The Morgan fingerprint density at radius 1 is 0.947 bits per heavy atom. The third-order valence-electron chi connectivity index (χ3n) is 3.22. The molecule has 0 saturated heterocycles. The molecule has 0 aliphatic heterocycles. The predicted molar refractivity (Wildman–Crippen MR) is 82.4 cm³/mol. The molecule has 0 aromatic heterocycles. The van der Waals surface area contributed by atoms with Crippen LogP contribution in [0.3, 0.4) is 0 Å². The van der Waals surface area contributed by atoms with Crippen LogP contribution in [0.4, 0.5) is 0 Å². The Hall–Kier alpha value is -1.86. The van der Waals surface area contributed by atoms with Gasteiger partial charge in [-0.15, -0.1) is 0 Å². The maximum absolute atomic E-state index is 3.21. The fourth-order valence-corrected chi connectivity index (χ4v) is 2.33. The molecular formula is C18H21N. The molecule has 0 heterocycles. The molecule has 0 bridgehead atoms. The van der Waals surface area contributed by atoms with E-state index in [-0.39, 0.29) is 0 Å². The lowest BCUT2D eigenvalue weighted by Crippen LogP contribution is -2.10. The van der Waals surface area contributed by atoms with Gasteiger partial charge in [-0.2, -0.15) is 0 Å². The summed E-state index contributed by atoms with van der Waals surface area (Å²) < 4.78 is 0. The van der Waals surface area contributed by atoms with Gasteiger partial charge >= 0.3 is 0 Å². The molecule has 2 aromatic carbocycles. The fourth-order valence-electron chi connectivity index (χ4n) is 2.33. The number of allylic oxidation sites excluding steroid dienone is 1. The van der Waals surface area contributed by atoms with Crippen LogP contribution in [0.2, 0.25) is 0 Å². The molecule has 0 spiro atoms. The summed E-state index contributed by atoms with van der Waals surface area (Å²) in [5.74, 6) is 0.329. The molecule has 98 valence electrons. The molecule has 0 fully saturated rings. The molecule has 0 saturated carbocycles. The Morgan fingerprint density at radius 2 is 1.42 bits per heavy atom. The van der Waals surface area contributed by atoms with Gasteiger partial charge in [-0.25, -0.2) is 0 Å². The Labute approximate surface area is 116 Å². The van der Waals surface area contributed by atoms with E-state index in [4.69, 9.17) is 0 Å². The molecule has 1 nitrogen and oxygen atoms in total. The third kappa shape index (κ3) is 3.80. The second-order valence-electron chi connectivity index (χ2n) is 4.84. The molecule has 0 aliphatic rings. The Morgan fingerprint density at radius 3 is 1.84 bits per heavy atom. The van der Waals surface area contributed by atoms with Gasteiger partial charge in [-0.05, 0) is 25.1 Å². The van der Waals surface area contributed by atoms with Gasteiger partial charge in [0.05, 0.1) is 0 Å². The zero-order chi connectivity index (χ0) is 13.5. The van der Waals surface area contributed by atoms with Gasteiger partial charge in [-0.3, -0.25) is 0 Å². The van der Waals surface area contributed by atoms with E-state index in [9.17, 15) is 0 Å². The maximum atomic E-state index is 3.21. The lowest BCUT2D eigenvalue weighted by atomic mass is 9.89. The predicted octanol–water partition coefficient (Wildman–Crippen LogP) is 3.98. The first kappa shape index (κ1) is 13.6. The number of likely N-dealkylation sites (N-methyl/N-ethyl adjacent to an activating group) is 1. The van der Waals surface area contributed by atoms with Crippen LogP contribution in [0.5, 0.6) is 0 Å². The first-order valence-corrected chi connectivity index (χ1v) is 6.73.